The number of halogens is 2. The van der Waals surface area contributed by atoms with Gasteiger partial charge in [0, 0.05) is 5.69 Å². The summed E-state index contributed by atoms with van der Waals surface area (Å²) in [5.41, 5.74) is 7.41. The number of hydrogen-bond acceptors (Lipinski definition) is 4. The van der Waals surface area contributed by atoms with Crippen molar-refractivity contribution < 1.29 is 14.3 Å². The van der Waals surface area contributed by atoms with Gasteiger partial charge in [-0.15, -0.1) is 24.0 Å². The van der Waals surface area contributed by atoms with Gasteiger partial charge in [0.05, 0.1) is 24.2 Å². The van der Waals surface area contributed by atoms with Crippen molar-refractivity contribution in [3.05, 3.63) is 58.6 Å². The van der Waals surface area contributed by atoms with Crippen LogP contribution in [0.2, 0.25) is 5.02 Å². The Morgan fingerprint density at radius 3 is 2.54 bits per heavy atom. The summed E-state index contributed by atoms with van der Waals surface area (Å²) in [6.45, 7) is 5.81. The number of aliphatic imine (C=N–C) groups is 1. The van der Waals surface area contributed by atoms with Gasteiger partial charge in [-0.1, -0.05) is 23.7 Å². The Labute approximate surface area is 187 Å². The number of esters is 1. The first-order chi connectivity index (χ1) is 12.7. The molecule has 0 aromatic heterocycles. The molecule has 0 spiro atoms. The summed E-state index contributed by atoms with van der Waals surface area (Å²) >= 11 is 6.09. The maximum absolute atomic E-state index is 12.2. The lowest BCUT2D eigenvalue weighted by Crippen LogP contribution is -2.24. The Balaban J connectivity index is 0.00000392. The zero-order valence-electron chi connectivity index (χ0n) is 16.3. The van der Waals surface area contributed by atoms with E-state index in [0.717, 1.165) is 5.56 Å². The predicted molar refractivity (Wildman–Crippen MR) is 124 cm³/mol. The first-order valence-electron chi connectivity index (χ1n) is 8.41. The molecule has 0 saturated carbocycles. The highest BCUT2D eigenvalue weighted by Crippen LogP contribution is 2.27. The molecule has 2 aromatic rings. The molecule has 0 heterocycles. The van der Waals surface area contributed by atoms with Crippen molar-refractivity contribution in [3.8, 4) is 5.75 Å². The van der Waals surface area contributed by atoms with Crippen LogP contribution in [0, 0.1) is 0 Å². The highest BCUT2D eigenvalue weighted by Gasteiger charge is 2.17. The second-order valence-corrected chi connectivity index (χ2v) is 7.29. The topological polar surface area (TPSA) is 85.9 Å². The lowest BCUT2D eigenvalue weighted by Gasteiger charge is -2.19. The van der Waals surface area contributed by atoms with Crippen LogP contribution in [0.5, 0.6) is 5.75 Å². The quantitative estimate of drug-likeness (QED) is 0.256. The van der Waals surface area contributed by atoms with Crippen molar-refractivity contribution in [2.24, 2.45) is 10.7 Å². The Morgan fingerprint density at radius 1 is 1.21 bits per heavy atom. The van der Waals surface area contributed by atoms with Crippen molar-refractivity contribution in [3.63, 3.8) is 0 Å². The fourth-order valence-electron chi connectivity index (χ4n) is 2.24. The summed E-state index contributed by atoms with van der Waals surface area (Å²) in [6, 6.07) is 12.3. The zero-order chi connectivity index (χ0) is 20.0. The number of methoxy groups -OCH3 is 1. The molecule has 0 fully saturated rings. The first-order valence-corrected chi connectivity index (χ1v) is 8.78. The number of nitrogens with zero attached hydrogens (tertiary/aromatic N) is 1. The average molecular weight is 518 g/mol. The fraction of sp³-hybridized carbons (Fsp3) is 0.300. The van der Waals surface area contributed by atoms with Crippen LogP contribution in [0.4, 0.5) is 5.69 Å². The van der Waals surface area contributed by atoms with Crippen molar-refractivity contribution in [1.29, 1.82) is 0 Å². The summed E-state index contributed by atoms with van der Waals surface area (Å²) in [5, 5.41) is 3.44. The van der Waals surface area contributed by atoms with Gasteiger partial charge in [-0.05, 0) is 56.7 Å². The molecule has 0 unspecified atom stereocenters. The van der Waals surface area contributed by atoms with E-state index in [1.807, 2.05) is 26.8 Å². The van der Waals surface area contributed by atoms with Gasteiger partial charge in [-0.25, -0.2) is 9.79 Å². The van der Waals surface area contributed by atoms with E-state index in [0.29, 0.717) is 28.6 Å². The largest absolute Gasteiger partial charge is 0.495 e. The van der Waals surface area contributed by atoms with Crippen LogP contribution in [0.1, 0.15) is 36.7 Å². The molecule has 8 heteroatoms. The van der Waals surface area contributed by atoms with Crippen LogP contribution in [0.3, 0.4) is 0 Å². The lowest BCUT2D eigenvalue weighted by atomic mass is 10.1. The minimum absolute atomic E-state index is 0. The summed E-state index contributed by atoms with van der Waals surface area (Å²) in [7, 11) is 1.55. The molecule has 0 saturated heterocycles. The third-order valence-corrected chi connectivity index (χ3v) is 3.71. The van der Waals surface area contributed by atoms with Crippen molar-refractivity contribution in [2.75, 3.05) is 12.4 Å². The molecule has 0 atom stereocenters. The van der Waals surface area contributed by atoms with Gasteiger partial charge in [0.1, 0.15) is 11.4 Å². The molecule has 0 aliphatic heterocycles. The van der Waals surface area contributed by atoms with Gasteiger partial charge >= 0.3 is 5.97 Å². The van der Waals surface area contributed by atoms with E-state index in [-0.39, 0.29) is 35.9 Å². The minimum atomic E-state index is -0.542. The van der Waals surface area contributed by atoms with Gasteiger partial charge in [0.2, 0.25) is 0 Å². The highest BCUT2D eigenvalue weighted by atomic mass is 127. The molecule has 0 aliphatic rings. The molecular weight excluding hydrogens is 493 g/mol. The van der Waals surface area contributed by atoms with Gasteiger partial charge in [-0.3, -0.25) is 0 Å². The number of hydrogen-bond donors (Lipinski definition) is 2. The van der Waals surface area contributed by atoms with Gasteiger partial charge in [0.25, 0.3) is 0 Å². The molecule has 2 rings (SSSR count). The van der Waals surface area contributed by atoms with Crippen LogP contribution in [0.25, 0.3) is 0 Å². The fourth-order valence-corrected chi connectivity index (χ4v) is 2.50. The van der Waals surface area contributed by atoms with E-state index in [4.69, 9.17) is 26.8 Å². The Hall–Kier alpha value is -2.00. The Bertz CT molecular complexity index is 851. The number of guanidine groups is 1. The molecule has 0 radical (unpaired) electrons. The number of carbonyl (C=O) groups excluding carboxylic acids is 1. The standard InChI is InChI=1S/C20H24ClN3O3.HI/c1-20(2,3)27-18(25)14-7-5-6-13(10-14)12-23-19(22)24-15-8-9-17(26-4)16(21)11-15;/h5-11H,12H2,1-4H3,(H3,22,23,24);1H. The van der Waals surface area contributed by atoms with Gasteiger partial charge < -0.3 is 20.5 Å². The van der Waals surface area contributed by atoms with E-state index < -0.39 is 5.60 Å². The van der Waals surface area contributed by atoms with Gasteiger partial charge in [-0.2, -0.15) is 0 Å². The number of anilines is 1. The normalized spacial score (nSPS) is 11.4. The van der Waals surface area contributed by atoms with E-state index in [1.165, 1.54) is 0 Å². The van der Waals surface area contributed by atoms with Crippen molar-refractivity contribution in [1.82, 2.24) is 0 Å². The SMILES string of the molecule is COc1ccc(NC(N)=NCc2cccc(C(=O)OC(C)(C)C)c2)cc1Cl.I. The summed E-state index contributed by atoms with van der Waals surface area (Å²) in [4.78, 5) is 16.5. The van der Waals surface area contributed by atoms with Gasteiger partial charge in [0.15, 0.2) is 5.96 Å². The van der Waals surface area contributed by atoms with Crippen LogP contribution in [-0.4, -0.2) is 24.6 Å². The van der Waals surface area contributed by atoms with Crippen LogP contribution in [0.15, 0.2) is 47.5 Å². The van der Waals surface area contributed by atoms with Crippen LogP contribution < -0.4 is 15.8 Å². The minimum Gasteiger partial charge on any atom is -0.495 e. The van der Waals surface area contributed by atoms with E-state index in [1.54, 1.807) is 43.5 Å². The summed E-state index contributed by atoms with van der Waals surface area (Å²) < 4.78 is 10.5. The molecule has 6 nitrogen and oxygen atoms in total. The monoisotopic (exact) mass is 517 g/mol. The van der Waals surface area contributed by atoms with Crippen molar-refractivity contribution in [2.45, 2.75) is 32.9 Å². The molecule has 2 aromatic carbocycles. The van der Waals surface area contributed by atoms with E-state index in [9.17, 15) is 4.79 Å². The molecule has 0 aliphatic carbocycles. The first kappa shape index (κ1) is 24.0. The number of nitrogens with two attached hydrogens (primary N) is 1. The number of nitrogens with one attached hydrogen (secondary N) is 1. The van der Waals surface area contributed by atoms with E-state index in [2.05, 4.69) is 10.3 Å². The van der Waals surface area contributed by atoms with Crippen LogP contribution >= 0.6 is 35.6 Å². The maximum Gasteiger partial charge on any atom is 0.338 e. The molecule has 0 bridgehead atoms. The highest BCUT2D eigenvalue weighted by molar-refractivity contribution is 14.0. The summed E-state index contributed by atoms with van der Waals surface area (Å²) in [6.07, 6.45) is 0. The third kappa shape index (κ3) is 7.55. The number of benzene rings is 2. The number of ether oxygens (including phenoxy) is 2. The molecule has 3 N–H and O–H groups in total. The second kappa shape index (κ2) is 10.5. The predicted octanol–water partition coefficient (Wildman–Crippen LogP) is 4.85. The summed E-state index contributed by atoms with van der Waals surface area (Å²) in [5.74, 6) is 0.447. The third-order valence-electron chi connectivity index (χ3n) is 3.42. The Morgan fingerprint density at radius 2 is 1.93 bits per heavy atom. The maximum atomic E-state index is 12.2. The number of carbonyl (C=O) groups is 1. The smallest absolute Gasteiger partial charge is 0.338 e. The Kier molecular flexibility index (Phi) is 9.03. The van der Waals surface area contributed by atoms with Crippen LogP contribution in [-0.2, 0) is 11.3 Å². The molecule has 152 valence electrons. The van der Waals surface area contributed by atoms with E-state index >= 15 is 0 Å². The molecular formula is C20H25ClIN3O3. The average Bonchev–Trinajstić information content (AvgIpc) is 2.59. The second-order valence-electron chi connectivity index (χ2n) is 6.88. The zero-order valence-corrected chi connectivity index (χ0v) is 19.4. The lowest BCUT2D eigenvalue weighted by molar-refractivity contribution is 0.00694. The van der Waals surface area contributed by atoms with Crippen molar-refractivity contribution >= 4 is 53.2 Å². The number of rotatable bonds is 5. The molecule has 0 amide bonds. The molecule has 28 heavy (non-hydrogen) atoms.